The summed E-state index contributed by atoms with van der Waals surface area (Å²) >= 11 is 0. The Hall–Kier alpha value is -2.09. The first kappa shape index (κ1) is 17.3. The van der Waals surface area contributed by atoms with E-state index in [2.05, 4.69) is 34.6 Å². The van der Waals surface area contributed by atoms with E-state index < -0.39 is 0 Å². The number of carbonyl (C=O) groups is 1. The lowest BCUT2D eigenvalue weighted by Crippen LogP contribution is -2.26. The van der Waals surface area contributed by atoms with Crippen LogP contribution in [0.4, 0.5) is 0 Å². The molecule has 122 valence electrons. The van der Waals surface area contributed by atoms with Gasteiger partial charge in [0.05, 0.1) is 0 Å². The summed E-state index contributed by atoms with van der Waals surface area (Å²) in [6.45, 7) is 10.5. The third-order valence-electron chi connectivity index (χ3n) is 4.20. The van der Waals surface area contributed by atoms with Gasteiger partial charge in [-0.25, -0.2) is 0 Å². The SMILES string of the molecule is CCC(C)(C)Oc1ccc(C(=O)c2ccc(C(C)C)cc2)cc1. The number of hydrogen-bond donors (Lipinski definition) is 0. The molecule has 0 aliphatic rings. The number of ether oxygens (including phenoxy) is 1. The predicted molar refractivity (Wildman–Crippen MR) is 95.4 cm³/mol. The first-order valence-electron chi connectivity index (χ1n) is 8.26. The average molecular weight is 310 g/mol. The Morgan fingerprint density at radius 3 is 1.87 bits per heavy atom. The Balaban J connectivity index is 2.14. The molecule has 0 fully saturated rings. The zero-order chi connectivity index (χ0) is 17.0. The lowest BCUT2D eigenvalue weighted by molar-refractivity contribution is 0.103. The van der Waals surface area contributed by atoms with Gasteiger partial charge in [0, 0.05) is 11.1 Å². The summed E-state index contributed by atoms with van der Waals surface area (Å²) in [5.74, 6) is 1.31. The van der Waals surface area contributed by atoms with Crippen LogP contribution in [0.2, 0.25) is 0 Å². The first-order valence-corrected chi connectivity index (χ1v) is 8.26. The molecule has 2 aromatic rings. The van der Waals surface area contributed by atoms with E-state index in [0.717, 1.165) is 17.7 Å². The predicted octanol–water partition coefficient (Wildman–Crippen LogP) is 5.61. The van der Waals surface area contributed by atoms with Crippen molar-refractivity contribution >= 4 is 5.78 Å². The number of carbonyl (C=O) groups excluding carboxylic acids is 1. The monoisotopic (exact) mass is 310 g/mol. The van der Waals surface area contributed by atoms with E-state index in [9.17, 15) is 4.79 Å². The van der Waals surface area contributed by atoms with Crippen molar-refractivity contribution in [1.29, 1.82) is 0 Å². The molecule has 2 aromatic carbocycles. The zero-order valence-corrected chi connectivity index (χ0v) is 14.7. The molecule has 0 bridgehead atoms. The van der Waals surface area contributed by atoms with Gasteiger partial charge in [0.1, 0.15) is 11.4 Å². The van der Waals surface area contributed by atoms with Crippen LogP contribution < -0.4 is 4.74 Å². The van der Waals surface area contributed by atoms with Gasteiger partial charge in [0.15, 0.2) is 5.78 Å². The van der Waals surface area contributed by atoms with Crippen molar-refractivity contribution in [3.05, 3.63) is 65.2 Å². The summed E-state index contributed by atoms with van der Waals surface area (Å²) in [4.78, 5) is 12.5. The minimum atomic E-state index is -0.196. The van der Waals surface area contributed by atoms with Crippen molar-refractivity contribution in [3.8, 4) is 5.75 Å². The fraction of sp³-hybridized carbons (Fsp3) is 0.381. The van der Waals surface area contributed by atoms with E-state index in [-0.39, 0.29) is 11.4 Å². The number of rotatable bonds is 6. The summed E-state index contributed by atoms with van der Waals surface area (Å²) in [6, 6.07) is 15.3. The summed E-state index contributed by atoms with van der Waals surface area (Å²) in [5, 5.41) is 0. The first-order chi connectivity index (χ1) is 10.8. The molecule has 0 aromatic heterocycles. The summed E-state index contributed by atoms with van der Waals surface area (Å²) in [6.07, 6.45) is 0.926. The number of benzene rings is 2. The van der Waals surface area contributed by atoms with Crippen LogP contribution in [0.5, 0.6) is 5.75 Å². The highest BCUT2D eigenvalue weighted by atomic mass is 16.5. The Kier molecular flexibility index (Phi) is 5.25. The third-order valence-corrected chi connectivity index (χ3v) is 4.20. The molecular formula is C21H26O2. The van der Waals surface area contributed by atoms with Gasteiger partial charge in [0.2, 0.25) is 0 Å². The van der Waals surface area contributed by atoms with Crippen LogP contribution in [-0.2, 0) is 0 Å². The van der Waals surface area contributed by atoms with Gasteiger partial charge in [-0.2, -0.15) is 0 Å². The quantitative estimate of drug-likeness (QED) is 0.648. The Labute approximate surface area is 139 Å². The minimum absolute atomic E-state index is 0.0432. The highest BCUT2D eigenvalue weighted by Crippen LogP contribution is 2.22. The highest BCUT2D eigenvalue weighted by Gasteiger charge is 2.17. The van der Waals surface area contributed by atoms with E-state index in [4.69, 9.17) is 4.74 Å². The molecular weight excluding hydrogens is 284 g/mol. The Bertz CT molecular complexity index is 649. The molecule has 0 saturated heterocycles. The van der Waals surface area contributed by atoms with Crippen molar-refractivity contribution in [1.82, 2.24) is 0 Å². The molecule has 23 heavy (non-hydrogen) atoms. The largest absolute Gasteiger partial charge is 0.488 e. The lowest BCUT2D eigenvalue weighted by Gasteiger charge is -2.24. The van der Waals surface area contributed by atoms with E-state index in [1.54, 1.807) is 0 Å². The van der Waals surface area contributed by atoms with Gasteiger partial charge in [-0.3, -0.25) is 4.79 Å². The van der Waals surface area contributed by atoms with Crippen LogP contribution in [-0.4, -0.2) is 11.4 Å². The van der Waals surface area contributed by atoms with Gasteiger partial charge < -0.3 is 4.74 Å². The summed E-state index contributed by atoms with van der Waals surface area (Å²) < 4.78 is 5.92. The molecule has 0 atom stereocenters. The third kappa shape index (κ3) is 4.44. The van der Waals surface area contributed by atoms with Crippen LogP contribution in [0.25, 0.3) is 0 Å². The fourth-order valence-corrected chi connectivity index (χ4v) is 2.25. The maximum atomic E-state index is 12.5. The van der Waals surface area contributed by atoms with Gasteiger partial charge in [-0.1, -0.05) is 45.0 Å². The molecule has 0 N–H and O–H groups in total. The second-order valence-electron chi connectivity index (χ2n) is 6.85. The van der Waals surface area contributed by atoms with Crippen molar-refractivity contribution < 1.29 is 9.53 Å². The van der Waals surface area contributed by atoms with E-state index in [0.29, 0.717) is 11.5 Å². The molecule has 0 aliphatic carbocycles. The van der Waals surface area contributed by atoms with Gasteiger partial charge in [-0.15, -0.1) is 0 Å². The highest BCUT2D eigenvalue weighted by molar-refractivity contribution is 6.09. The second-order valence-corrected chi connectivity index (χ2v) is 6.85. The van der Waals surface area contributed by atoms with Gasteiger partial charge >= 0.3 is 0 Å². The van der Waals surface area contributed by atoms with Gasteiger partial charge in [-0.05, 0) is 56.0 Å². The molecule has 2 heteroatoms. The Morgan fingerprint density at radius 1 is 0.957 bits per heavy atom. The maximum absolute atomic E-state index is 12.5. The smallest absolute Gasteiger partial charge is 0.193 e. The molecule has 2 rings (SSSR count). The zero-order valence-electron chi connectivity index (χ0n) is 14.7. The normalized spacial score (nSPS) is 11.6. The molecule has 0 saturated carbocycles. The van der Waals surface area contributed by atoms with Crippen LogP contribution in [0.3, 0.4) is 0 Å². The minimum Gasteiger partial charge on any atom is -0.488 e. The molecule has 0 heterocycles. The molecule has 0 spiro atoms. The second kappa shape index (κ2) is 6.99. The van der Waals surface area contributed by atoms with E-state index in [1.807, 2.05) is 48.5 Å². The molecule has 0 amide bonds. The summed E-state index contributed by atoms with van der Waals surface area (Å²) in [5.41, 5.74) is 2.45. The van der Waals surface area contributed by atoms with Crippen molar-refractivity contribution in [2.45, 2.75) is 52.6 Å². The van der Waals surface area contributed by atoms with Crippen molar-refractivity contribution in [2.24, 2.45) is 0 Å². The van der Waals surface area contributed by atoms with Crippen LogP contribution in [0, 0.1) is 0 Å². The topological polar surface area (TPSA) is 26.3 Å². The number of ketones is 1. The molecule has 0 aliphatic heterocycles. The van der Waals surface area contributed by atoms with Crippen molar-refractivity contribution in [2.75, 3.05) is 0 Å². The molecule has 2 nitrogen and oxygen atoms in total. The van der Waals surface area contributed by atoms with Crippen LogP contribution in [0.1, 0.15) is 68.4 Å². The maximum Gasteiger partial charge on any atom is 0.193 e. The molecule has 0 unspecified atom stereocenters. The fourth-order valence-electron chi connectivity index (χ4n) is 2.25. The average Bonchev–Trinajstić information content (AvgIpc) is 2.54. The lowest BCUT2D eigenvalue weighted by atomic mass is 9.98. The van der Waals surface area contributed by atoms with Crippen LogP contribution in [0.15, 0.2) is 48.5 Å². The molecule has 0 radical (unpaired) electrons. The standard InChI is InChI=1S/C21H26O2/c1-6-21(4,5)23-19-13-11-18(12-14-19)20(22)17-9-7-16(8-10-17)15(2)3/h7-15H,6H2,1-5H3. The Morgan fingerprint density at radius 2 is 1.43 bits per heavy atom. The van der Waals surface area contributed by atoms with Crippen LogP contribution >= 0.6 is 0 Å². The summed E-state index contributed by atoms with van der Waals surface area (Å²) in [7, 11) is 0. The van der Waals surface area contributed by atoms with Gasteiger partial charge in [0.25, 0.3) is 0 Å². The van der Waals surface area contributed by atoms with E-state index >= 15 is 0 Å². The number of hydrogen-bond acceptors (Lipinski definition) is 2. The van der Waals surface area contributed by atoms with Crippen molar-refractivity contribution in [3.63, 3.8) is 0 Å². The van der Waals surface area contributed by atoms with E-state index in [1.165, 1.54) is 5.56 Å².